The van der Waals surface area contributed by atoms with Gasteiger partial charge in [0.25, 0.3) is 5.91 Å². The first-order valence-corrected chi connectivity index (χ1v) is 9.58. The molecule has 27 heavy (non-hydrogen) atoms. The zero-order valence-corrected chi connectivity index (χ0v) is 15.8. The minimum absolute atomic E-state index is 0.0487. The van der Waals surface area contributed by atoms with Crippen LogP contribution in [0.25, 0.3) is 0 Å². The average Bonchev–Trinajstić information content (AvgIpc) is 3.51. The van der Waals surface area contributed by atoms with Crippen molar-refractivity contribution in [2.24, 2.45) is 5.92 Å². The molecule has 1 aromatic rings. The fourth-order valence-corrected chi connectivity index (χ4v) is 3.72. The minimum Gasteiger partial charge on any atom is -0.479 e. The van der Waals surface area contributed by atoms with Gasteiger partial charge >= 0.3 is 0 Å². The molecule has 0 spiro atoms. The van der Waals surface area contributed by atoms with Crippen LogP contribution in [0.1, 0.15) is 25.3 Å². The second-order valence-electron chi connectivity index (χ2n) is 7.62. The molecule has 0 N–H and O–H groups in total. The molecule has 3 aliphatic rings. The lowest BCUT2D eigenvalue weighted by Gasteiger charge is -2.35. The van der Waals surface area contributed by atoms with Gasteiger partial charge in [-0.15, -0.1) is 0 Å². The standard InChI is InChI=1S/C20H25N3O4/c1-13-19(25)21(2)16-11-14(3-6-17(16)27-13)12-18(24)22-7-9-23(10-8-22)20(26)15-4-5-15/h3,6,11,13,15H,4-5,7-10,12H2,1-2H3. The minimum atomic E-state index is -0.496. The molecule has 1 aliphatic carbocycles. The largest absolute Gasteiger partial charge is 0.479 e. The Hall–Kier alpha value is -2.57. The average molecular weight is 371 g/mol. The van der Waals surface area contributed by atoms with E-state index in [9.17, 15) is 14.4 Å². The quantitative estimate of drug-likeness (QED) is 0.797. The molecule has 1 unspecified atom stereocenters. The predicted molar refractivity (Wildman–Crippen MR) is 99.5 cm³/mol. The maximum Gasteiger partial charge on any atom is 0.267 e. The van der Waals surface area contributed by atoms with Gasteiger partial charge in [-0.05, 0) is 37.5 Å². The summed E-state index contributed by atoms with van der Waals surface area (Å²) >= 11 is 0. The molecule has 0 bridgehead atoms. The van der Waals surface area contributed by atoms with Gasteiger partial charge in [-0.1, -0.05) is 6.07 Å². The van der Waals surface area contributed by atoms with Crippen LogP contribution in [-0.2, 0) is 20.8 Å². The van der Waals surface area contributed by atoms with Gasteiger partial charge in [0.2, 0.25) is 11.8 Å². The summed E-state index contributed by atoms with van der Waals surface area (Å²) in [7, 11) is 1.72. The first-order chi connectivity index (χ1) is 12.9. The lowest BCUT2D eigenvalue weighted by Crippen LogP contribution is -2.51. The number of fused-ring (bicyclic) bond motifs is 1. The highest BCUT2D eigenvalue weighted by Crippen LogP contribution is 2.34. The van der Waals surface area contributed by atoms with Gasteiger partial charge in [0.05, 0.1) is 12.1 Å². The number of likely N-dealkylation sites (N-methyl/N-ethyl adjacent to an activating group) is 1. The zero-order valence-electron chi connectivity index (χ0n) is 15.8. The van der Waals surface area contributed by atoms with E-state index in [1.54, 1.807) is 18.9 Å². The van der Waals surface area contributed by atoms with E-state index in [4.69, 9.17) is 4.74 Å². The summed E-state index contributed by atoms with van der Waals surface area (Å²) in [6, 6.07) is 5.55. The highest BCUT2D eigenvalue weighted by atomic mass is 16.5. The molecule has 1 saturated heterocycles. The summed E-state index contributed by atoms with van der Waals surface area (Å²) < 4.78 is 5.63. The van der Waals surface area contributed by atoms with Crippen LogP contribution in [0.2, 0.25) is 0 Å². The number of ether oxygens (including phenoxy) is 1. The third-order valence-corrected chi connectivity index (χ3v) is 5.59. The summed E-state index contributed by atoms with van der Waals surface area (Å²) in [5.74, 6) is 1.09. The summed E-state index contributed by atoms with van der Waals surface area (Å²) in [6.07, 6.45) is 1.80. The number of carbonyl (C=O) groups is 3. The second kappa shape index (κ2) is 6.87. The Morgan fingerprint density at radius 2 is 1.78 bits per heavy atom. The molecule has 144 valence electrons. The van der Waals surface area contributed by atoms with Crippen LogP contribution in [0.3, 0.4) is 0 Å². The molecule has 1 atom stereocenters. The molecule has 2 heterocycles. The number of carbonyl (C=O) groups excluding carboxylic acids is 3. The molecule has 3 amide bonds. The van der Waals surface area contributed by atoms with E-state index in [1.165, 1.54) is 0 Å². The lowest BCUT2D eigenvalue weighted by molar-refractivity contribution is -0.140. The molecular formula is C20H25N3O4. The van der Waals surface area contributed by atoms with Crippen molar-refractivity contribution in [2.75, 3.05) is 38.1 Å². The normalized spacial score (nSPS) is 22.4. The maximum absolute atomic E-state index is 12.7. The monoisotopic (exact) mass is 371 g/mol. The Labute approximate surface area is 158 Å². The Morgan fingerprint density at radius 1 is 1.11 bits per heavy atom. The van der Waals surface area contributed by atoms with Gasteiger partial charge in [0.1, 0.15) is 5.75 Å². The topological polar surface area (TPSA) is 70.2 Å². The summed E-state index contributed by atoms with van der Waals surface area (Å²) in [5.41, 5.74) is 1.55. The van der Waals surface area contributed by atoms with Crippen molar-refractivity contribution >= 4 is 23.4 Å². The van der Waals surface area contributed by atoms with Gasteiger partial charge in [0.15, 0.2) is 6.10 Å². The van der Waals surface area contributed by atoms with Crippen LogP contribution in [0.15, 0.2) is 18.2 Å². The van der Waals surface area contributed by atoms with Crippen LogP contribution < -0.4 is 9.64 Å². The van der Waals surface area contributed by atoms with Crippen LogP contribution in [-0.4, -0.2) is 66.9 Å². The number of amides is 3. The van der Waals surface area contributed by atoms with Gasteiger partial charge in [-0.25, -0.2) is 0 Å². The molecule has 0 aromatic heterocycles. The lowest BCUT2D eigenvalue weighted by atomic mass is 10.1. The van der Waals surface area contributed by atoms with Crippen molar-refractivity contribution in [3.05, 3.63) is 23.8 Å². The fourth-order valence-electron chi connectivity index (χ4n) is 3.72. The van der Waals surface area contributed by atoms with Crippen LogP contribution >= 0.6 is 0 Å². The Balaban J connectivity index is 1.37. The molecule has 4 rings (SSSR count). The maximum atomic E-state index is 12.7. The Bertz CT molecular complexity index is 781. The molecular weight excluding hydrogens is 346 g/mol. The molecule has 7 heteroatoms. The van der Waals surface area contributed by atoms with E-state index >= 15 is 0 Å². The van der Waals surface area contributed by atoms with Crippen LogP contribution in [0.5, 0.6) is 5.75 Å². The van der Waals surface area contributed by atoms with E-state index in [2.05, 4.69) is 0 Å². The number of hydrogen-bond donors (Lipinski definition) is 0. The first-order valence-electron chi connectivity index (χ1n) is 9.58. The van der Waals surface area contributed by atoms with Crippen molar-refractivity contribution < 1.29 is 19.1 Å². The third-order valence-electron chi connectivity index (χ3n) is 5.59. The SMILES string of the molecule is CC1Oc2ccc(CC(=O)N3CCN(C(=O)C4CC4)CC3)cc2N(C)C1=O. The predicted octanol–water partition coefficient (Wildman–Crippen LogP) is 1.05. The van der Waals surface area contributed by atoms with Gasteiger partial charge in [-0.2, -0.15) is 0 Å². The van der Waals surface area contributed by atoms with Crippen molar-refractivity contribution in [1.82, 2.24) is 9.80 Å². The number of anilines is 1. The summed E-state index contributed by atoms with van der Waals surface area (Å²) in [6.45, 7) is 4.14. The van der Waals surface area contributed by atoms with Crippen molar-refractivity contribution in [3.8, 4) is 5.75 Å². The number of hydrogen-bond acceptors (Lipinski definition) is 4. The molecule has 0 radical (unpaired) electrons. The second-order valence-corrected chi connectivity index (χ2v) is 7.62. The number of nitrogens with zero attached hydrogens (tertiary/aromatic N) is 3. The van der Waals surface area contributed by atoms with Crippen LogP contribution in [0.4, 0.5) is 5.69 Å². The summed E-state index contributed by atoms with van der Waals surface area (Å²) in [5, 5.41) is 0. The molecule has 1 saturated carbocycles. The van der Waals surface area contributed by atoms with Crippen molar-refractivity contribution in [3.63, 3.8) is 0 Å². The third kappa shape index (κ3) is 3.50. The molecule has 7 nitrogen and oxygen atoms in total. The Kier molecular flexibility index (Phi) is 4.53. The number of piperazine rings is 1. The zero-order chi connectivity index (χ0) is 19.1. The van der Waals surface area contributed by atoms with Gasteiger partial charge < -0.3 is 19.4 Å². The highest BCUT2D eigenvalue weighted by Gasteiger charge is 2.35. The van der Waals surface area contributed by atoms with E-state index in [-0.39, 0.29) is 30.1 Å². The van der Waals surface area contributed by atoms with E-state index in [0.717, 1.165) is 18.4 Å². The fraction of sp³-hybridized carbons (Fsp3) is 0.550. The number of rotatable bonds is 3. The van der Waals surface area contributed by atoms with E-state index < -0.39 is 6.10 Å². The highest BCUT2D eigenvalue weighted by molar-refractivity contribution is 5.99. The van der Waals surface area contributed by atoms with Gasteiger partial charge in [-0.3, -0.25) is 14.4 Å². The van der Waals surface area contributed by atoms with Crippen LogP contribution in [0, 0.1) is 5.92 Å². The number of benzene rings is 1. The molecule has 2 aliphatic heterocycles. The Morgan fingerprint density at radius 3 is 2.44 bits per heavy atom. The van der Waals surface area contributed by atoms with E-state index in [1.807, 2.05) is 28.0 Å². The van der Waals surface area contributed by atoms with E-state index in [0.29, 0.717) is 37.6 Å². The molecule has 1 aromatic carbocycles. The van der Waals surface area contributed by atoms with Crippen molar-refractivity contribution in [1.29, 1.82) is 0 Å². The van der Waals surface area contributed by atoms with Gasteiger partial charge in [0, 0.05) is 39.1 Å². The summed E-state index contributed by atoms with van der Waals surface area (Å²) in [4.78, 5) is 42.2. The first kappa shape index (κ1) is 17.8. The smallest absolute Gasteiger partial charge is 0.267 e. The van der Waals surface area contributed by atoms with Crippen molar-refractivity contribution in [2.45, 2.75) is 32.3 Å². The molecule has 2 fully saturated rings.